The van der Waals surface area contributed by atoms with E-state index >= 15 is 0 Å². The van der Waals surface area contributed by atoms with Gasteiger partial charge in [0.25, 0.3) is 0 Å². The number of hydrogen-bond donors (Lipinski definition) is 1. The van der Waals surface area contributed by atoms with Crippen molar-refractivity contribution in [2.24, 2.45) is 4.99 Å². The molecule has 1 saturated heterocycles. The molecular weight excluding hydrogens is 468 g/mol. The average molecular weight is 509 g/mol. The summed E-state index contributed by atoms with van der Waals surface area (Å²) in [6.45, 7) is 14.7. The van der Waals surface area contributed by atoms with Crippen LogP contribution in [0, 0.1) is 0 Å². The summed E-state index contributed by atoms with van der Waals surface area (Å²) in [4.78, 5) is 34.2. The molecule has 0 spiro atoms. The van der Waals surface area contributed by atoms with Gasteiger partial charge in [-0.2, -0.15) is 0 Å². The molecule has 1 aromatic carbocycles. The zero-order chi connectivity index (χ0) is 26.1. The van der Waals surface area contributed by atoms with Gasteiger partial charge in [-0.1, -0.05) is 23.7 Å². The first-order chi connectivity index (χ1) is 16.3. The zero-order valence-corrected chi connectivity index (χ0v) is 22.8. The minimum atomic E-state index is -0.720. The maximum atomic E-state index is 13.2. The van der Waals surface area contributed by atoms with E-state index in [0.29, 0.717) is 11.6 Å². The number of nitrogens with zero attached hydrogens (tertiary/aromatic N) is 3. The fraction of sp³-hybridized carbons (Fsp3) is 0.654. The number of unbranched alkanes of at least 4 members (excludes halogenated alkanes) is 1. The van der Waals surface area contributed by atoms with Crippen molar-refractivity contribution in [2.75, 3.05) is 26.2 Å². The van der Waals surface area contributed by atoms with Crippen molar-refractivity contribution in [1.82, 2.24) is 15.1 Å². The van der Waals surface area contributed by atoms with Crippen LogP contribution >= 0.6 is 11.6 Å². The molecular formula is C26H41ClN4O4. The van der Waals surface area contributed by atoms with Gasteiger partial charge in [-0.3, -0.25) is 10.3 Å². The van der Waals surface area contributed by atoms with Gasteiger partial charge in [0, 0.05) is 11.6 Å². The summed E-state index contributed by atoms with van der Waals surface area (Å²) in [6, 6.07) is 7.14. The van der Waals surface area contributed by atoms with Crippen molar-refractivity contribution in [1.29, 1.82) is 0 Å². The van der Waals surface area contributed by atoms with Gasteiger partial charge in [-0.15, -0.1) is 0 Å². The molecule has 35 heavy (non-hydrogen) atoms. The number of alkyl carbamates (subject to hydrolysis) is 1. The molecule has 1 heterocycles. The molecule has 196 valence electrons. The van der Waals surface area contributed by atoms with Crippen molar-refractivity contribution >= 4 is 29.7 Å². The number of amides is 2. The van der Waals surface area contributed by atoms with E-state index in [4.69, 9.17) is 21.1 Å². The van der Waals surface area contributed by atoms with Crippen molar-refractivity contribution in [3.05, 3.63) is 34.9 Å². The number of ether oxygens (including phenoxy) is 2. The molecule has 0 radical (unpaired) electrons. The van der Waals surface area contributed by atoms with Crippen LogP contribution < -0.4 is 5.32 Å². The fourth-order valence-electron chi connectivity index (χ4n) is 3.54. The van der Waals surface area contributed by atoms with Gasteiger partial charge in [0.2, 0.25) is 5.96 Å². The van der Waals surface area contributed by atoms with Crippen LogP contribution in [0.3, 0.4) is 0 Å². The summed E-state index contributed by atoms with van der Waals surface area (Å²) in [5, 5.41) is 3.28. The SMILES string of the molecule is CC(C)(C)OC(=O)N/C(=N\CCCCN1CCCC1)N(Cc1ccc(Cl)cc1)C(=O)OC(C)(C)C. The van der Waals surface area contributed by atoms with Crippen molar-refractivity contribution in [3.8, 4) is 0 Å². The average Bonchev–Trinajstić information content (AvgIpc) is 3.23. The van der Waals surface area contributed by atoms with E-state index in [1.54, 1.807) is 53.7 Å². The minimum Gasteiger partial charge on any atom is -0.444 e. The van der Waals surface area contributed by atoms with E-state index in [-0.39, 0.29) is 12.5 Å². The number of carbonyl (C=O) groups is 2. The number of aliphatic imine (C=N–C) groups is 1. The number of halogens is 1. The van der Waals surface area contributed by atoms with E-state index in [2.05, 4.69) is 15.2 Å². The highest BCUT2D eigenvalue weighted by molar-refractivity contribution is 6.30. The lowest BCUT2D eigenvalue weighted by Gasteiger charge is -2.29. The highest BCUT2D eigenvalue weighted by atomic mass is 35.5. The minimum absolute atomic E-state index is 0.102. The maximum Gasteiger partial charge on any atom is 0.417 e. The van der Waals surface area contributed by atoms with Gasteiger partial charge in [0.1, 0.15) is 11.2 Å². The van der Waals surface area contributed by atoms with E-state index in [1.165, 1.54) is 17.7 Å². The predicted molar refractivity (Wildman–Crippen MR) is 140 cm³/mol. The van der Waals surface area contributed by atoms with E-state index in [0.717, 1.165) is 38.0 Å². The number of rotatable bonds is 7. The van der Waals surface area contributed by atoms with Gasteiger partial charge in [0.05, 0.1) is 6.54 Å². The predicted octanol–water partition coefficient (Wildman–Crippen LogP) is 5.83. The molecule has 1 fully saturated rings. The Morgan fingerprint density at radius 2 is 1.60 bits per heavy atom. The second-order valence-electron chi connectivity index (χ2n) is 10.8. The first kappa shape index (κ1) is 28.9. The van der Waals surface area contributed by atoms with E-state index < -0.39 is 23.4 Å². The Labute approximate surface area is 215 Å². The van der Waals surface area contributed by atoms with Crippen LogP contribution in [0.2, 0.25) is 5.02 Å². The summed E-state index contributed by atoms with van der Waals surface area (Å²) >= 11 is 6.03. The number of carbonyl (C=O) groups excluding carboxylic acids is 2. The Bertz CT molecular complexity index is 854. The molecule has 1 aliphatic heterocycles. The van der Waals surface area contributed by atoms with Crippen LogP contribution in [-0.2, 0) is 16.0 Å². The van der Waals surface area contributed by atoms with Crippen molar-refractivity contribution in [3.63, 3.8) is 0 Å². The standard InChI is InChI=1S/C26H41ClN4O4/c1-25(2,3)34-23(32)29-22(28-15-7-8-16-30-17-9-10-18-30)31(24(33)35-26(4,5)6)19-20-11-13-21(27)14-12-20/h11-14H,7-10,15-19H2,1-6H3,(H,28,29,32). The Hall–Kier alpha value is -2.32. The third-order valence-corrected chi connectivity index (χ3v) is 5.33. The van der Waals surface area contributed by atoms with Crippen LogP contribution in [0.5, 0.6) is 0 Å². The lowest BCUT2D eigenvalue weighted by atomic mass is 10.2. The lowest BCUT2D eigenvalue weighted by molar-refractivity contribution is 0.0347. The van der Waals surface area contributed by atoms with Crippen LogP contribution in [0.15, 0.2) is 29.3 Å². The molecule has 2 rings (SSSR count). The molecule has 8 nitrogen and oxygen atoms in total. The Morgan fingerprint density at radius 1 is 1.00 bits per heavy atom. The topological polar surface area (TPSA) is 83.5 Å². The summed E-state index contributed by atoms with van der Waals surface area (Å²) in [6.07, 6.45) is 3.05. The molecule has 1 N–H and O–H groups in total. The number of benzene rings is 1. The maximum absolute atomic E-state index is 13.2. The molecule has 9 heteroatoms. The first-order valence-corrected chi connectivity index (χ1v) is 12.7. The molecule has 1 aromatic rings. The van der Waals surface area contributed by atoms with Gasteiger partial charge in [0.15, 0.2) is 0 Å². The Balaban J connectivity index is 2.22. The van der Waals surface area contributed by atoms with E-state index in [1.807, 2.05) is 12.1 Å². The van der Waals surface area contributed by atoms with Crippen LogP contribution in [0.4, 0.5) is 9.59 Å². The highest BCUT2D eigenvalue weighted by Gasteiger charge is 2.28. The number of guanidine groups is 1. The molecule has 0 aromatic heterocycles. The third kappa shape index (κ3) is 11.8. The highest BCUT2D eigenvalue weighted by Crippen LogP contribution is 2.16. The molecule has 0 saturated carbocycles. The largest absolute Gasteiger partial charge is 0.444 e. The normalized spacial score (nSPS) is 15.1. The Morgan fingerprint density at radius 3 is 2.17 bits per heavy atom. The van der Waals surface area contributed by atoms with Gasteiger partial charge in [-0.25, -0.2) is 14.5 Å². The van der Waals surface area contributed by atoms with Gasteiger partial charge in [-0.05, 0) is 105 Å². The molecule has 1 aliphatic rings. The smallest absolute Gasteiger partial charge is 0.417 e. The number of likely N-dealkylation sites (tertiary alicyclic amines) is 1. The monoisotopic (exact) mass is 508 g/mol. The fourth-order valence-corrected chi connectivity index (χ4v) is 3.67. The van der Waals surface area contributed by atoms with Crippen molar-refractivity contribution in [2.45, 2.75) is 85.0 Å². The first-order valence-electron chi connectivity index (χ1n) is 12.3. The summed E-state index contributed by atoms with van der Waals surface area (Å²) in [7, 11) is 0. The summed E-state index contributed by atoms with van der Waals surface area (Å²) in [5.41, 5.74) is -0.604. The molecule has 0 atom stereocenters. The quantitative estimate of drug-likeness (QED) is 0.284. The molecule has 0 aliphatic carbocycles. The lowest BCUT2D eigenvalue weighted by Crippen LogP contribution is -2.49. The van der Waals surface area contributed by atoms with Gasteiger partial charge < -0.3 is 14.4 Å². The molecule has 0 unspecified atom stereocenters. The summed E-state index contributed by atoms with van der Waals surface area (Å²) < 4.78 is 11.1. The molecule has 2 amide bonds. The van der Waals surface area contributed by atoms with Gasteiger partial charge >= 0.3 is 12.2 Å². The number of nitrogens with one attached hydrogen (secondary N) is 1. The molecule has 0 bridgehead atoms. The van der Waals surface area contributed by atoms with Crippen LogP contribution in [-0.4, -0.2) is 65.3 Å². The van der Waals surface area contributed by atoms with Crippen LogP contribution in [0.25, 0.3) is 0 Å². The number of hydrogen-bond acceptors (Lipinski definition) is 6. The third-order valence-electron chi connectivity index (χ3n) is 5.08. The second-order valence-corrected chi connectivity index (χ2v) is 11.2. The second kappa shape index (κ2) is 13.1. The van der Waals surface area contributed by atoms with E-state index in [9.17, 15) is 9.59 Å². The summed E-state index contributed by atoms with van der Waals surface area (Å²) in [5.74, 6) is 0.102. The zero-order valence-electron chi connectivity index (χ0n) is 22.0. The van der Waals surface area contributed by atoms with Crippen LogP contribution in [0.1, 0.15) is 72.8 Å². The Kier molecular flexibility index (Phi) is 10.8. The van der Waals surface area contributed by atoms with Crippen molar-refractivity contribution < 1.29 is 19.1 Å².